The van der Waals surface area contributed by atoms with Crippen LogP contribution in [0.2, 0.25) is 0 Å². The highest BCUT2D eigenvalue weighted by atomic mass is 19.1. The van der Waals surface area contributed by atoms with E-state index in [2.05, 4.69) is 33.5 Å². The van der Waals surface area contributed by atoms with Crippen molar-refractivity contribution in [2.45, 2.75) is 45.8 Å². The Bertz CT molecular complexity index is 1030. The average molecular weight is 439 g/mol. The molecule has 0 aliphatic carbocycles. The van der Waals surface area contributed by atoms with Crippen molar-refractivity contribution < 1.29 is 9.18 Å². The van der Waals surface area contributed by atoms with Crippen LogP contribution in [-0.2, 0) is 33.1 Å². The third-order valence-electron chi connectivity index (χ3n) is 6.12. The van der Waals surface area contributed by atoms with E-state index in [1.165, 1.54) is 17.7 Å². The summed E-state index contributed by atoms with van der Waals surface area (Å²) in [5, 5.41) is 11.9. The van der Waals surface area contributed by atoms with Gasteiger partial charge in [0.05, 0.1) is 17.5 Å². The molecule has 0 bridgehead atoms. The zero-order valence-corrected chi connectivity index (χ0v) is 18.8. The second kappa shape index (κ2) is 10.1. The molecule has 32 heavy (non-hydrogen) atoms. The highest BCUT2D eigenvalue weighted by Gasteiger charge is 2.24. The SMILES string of the molecule is CCn1cc(CN2CCC(Cc3nn(C)cc3C(=O)NCc3ccc(F)cc3)CC2)cn1. The normalized spacial score (nSPS) is 15.2. The molecule has 1 aliphatic rings. The molecule has 1 aliphatic heterocycles. The van der Waals surface area contributed by atoms with Gasteiger partial charge in [-0.05, 0) is 62.9 Å². The van der Waals surface area contributed by atoms with Crippen molar-refractivity contribution in [1.29, 1.82) is 0 Å². The number of nitrogens with one attached hydrogen (secondary N) is 1. The first-order valence-corrected chi connectivity index (χ1v) is 11.3. The van der Waals surface area contributed by atoms with Crippen molar-refractivity contribution in [2.24, 2.45) is 13.0 Å². The van der Waals surface area contributed by atoms with Crippen LogP contribution in [0.1, 0.15) is 46.9 Å². The lowest BCUT2D eigenvalue weighted by molar-refractivity contribution is 0.0949. The van der Waals surface area contributed by atoms with Gasteiger partial charge in [-0.1, -0.05) is 12.1 Å². The summed E-state index contributed by atoms with van der Waals surface area (Å²) < 4.78 is 16.7. The lowest BCUT2D eigenvalue weighted by atomic mass is 9.91. The molecule has 8 heteroatoms. The van der Waals surface area contributed by atoms with E-state index in [0.717, 1.165) is 56.7 Å². The minimum atomic E-state index is -0.281. The number of rotatable bonds is 8. The van der Waals surface area contributed by atoms with Crippen LogP contribution >= 0.6 is 0 Å². The molecule has 1 N–H and O–H groups in total. The zero-order valence-electron chi connectivity index (χ0n) is 18.8. The van der Waals surface area contributed by atoms with Gasteiger partial charge in [-0.2, -0.15) is 10.2 Å². The van der Waals surface area contributed by atoms with Gasteiger partial charge in [0.25, 0.3) is 5.91 Å². The minimum absolute atomic E-state index is 0.136. The zero-order chi connectivity index (χ0) is 22.5. The first kappa shape index (κ1) is 22.2. The summed E-state index contributed by atoms with van der Waals surface area (Å²) in [7, 11) is 1.85. The Balaban J connectivity index is 1.30. The lowest BCUT2D eigenvalue weighted by Crippen LogP contribution is -2.34. The third kappa shape index (κ3) is 5.62. The van der Waals surface area contributed by atoms with E-state index in [-0.39, 0.29) is 11.7 Å². The Hall–Kier alpha value is -3.00. The summed E-state index contributed by atoms with van der Waals surface area (Å²) in [6, 6.07) is 6.17. The van der Waals surface area contributed by atoms with E-state index in [1.54, 1.807) is 23.0 Å². The van der Waals surface area contributed by atoms with Gasteiger partial charge in [-0.3, -0.25) is 19.1 Å². The second-order valence-electron chi connectivity index (χ2n) is 8.60. The quantitative estimate of drug-likeness (QED) is 0.587. The molecule has 0 unspecified atom stereocenters. The third-order valence-corrected chi connectivity index (χ3v) is 6.12. The molecular weight excluding hydrogens is 407 g/mol. The highest BCUT2D eigenvalue weighted by Crippen LogP contribution is 2.24. The van der Waals surface area contributed by atoms with Gasteiger partial charge in [0.15, 0.2) is 0 Å². The summed E-state index contributed by atoms with van der Waals surface area (Å²) in [5.41, 5.74) is 3.60. The van der Waals surface area contributed by atoms with E-state index in [1.807, 2.05) is 17.9 Å². The van der Waals surface area contributed by atoms with Crippen molar-refractivity contribution >= 4 is 5.91 Å². The Labute approximate surface area is 188 Å². The second-order valence-corrected chi connectivity index (χ2v) is 8.60. The van der Waals surface area contributed by atoms with Gasteiger partial charge >= 0.3 is 0 Å². The van der Waals surface area contributed by atoms with E-state index >= 15 is 0 Å². The molecule has 0 atom stereocenters. The number of benzene rings is 1. The first-order chi connectivity index (χ1) is 15.5. The molecule has 170 valence electrons. The van der Waals surface area contributed by atoms with Crippen molar-refractivity contribution in [3.8, 4) is 0 Å². The van der Waals surface area contributed by atoms with Gasteiger partial charge < -0.3 is 5.32 Å². The fourth-order valence-electron chi connectivity index (χ4n) is 4.30. The largest absolute Gasteiger partial charge is 0.348 e. The first-order valence-electron chi connectivity index (χ1n) is 11.3. The number of halogens is 1. The molecular formula is C24H31FN6O. The lowest BCUT2D eigenvalue weighted by Gasteiger charge is -2.31. The molecule has 0 spiro atoms. The number of piperidine rings is 1. The number of hydrogen-bond acceptors (Lipinski definition) is 4. The predicted octanol–water partition coefficient (Wildman–Crippen LogP) is 3.16. The van der Waals surface area contributed by atoms with Gasteiger partial charge in [-0.15, -0.1) is 0 Å². The van der Waals surface area contributed by atoms with E-state index < -0.39 is 0 Å². The molecule has 2 aromatic heterocycles. The number of carbonyl (C=O) groups is 1. The van der Waals surface area contributed by atoms with Crippen LogP contribution in [0.4, 0.5) is 4.39 Å². The number of hydrogen-bond donors (Lipinski definition) is 1. The van der Waals surface area contributed by atoms with Gasteiger partial charge in [-0.25, -0.2) is 4.39 Å². The van der Waals surface area contributed by atoms with Crippen LogP contribution in [-0.4, -0.2) is 43.5 Å². The van der Waals surface area contributed by atoms with Gasteiger partial charge in [0.1, 0.15) is 5.82 Å². The summed E-state index contributed by atoms with van der Waals surface area (Å²) in [6.07, 6.45) is 8.86. The van der Waals surface area contributed by atoms with E-state index in [9.17, 15) is 9.18 Å². The summed E-state index contributed by atoms with van der Waals surface area (Å²) >= 11 is 0. The smallest absolute Gasteiger partial charge is 0.255 e. The maximum atomic E-state index is 13.1. The molecule has 4 rings (SSSR count). The molecule has 1 amide bonds. The Morgan fingerprint density at radius 2 is 1.91 bits per heavy atom. The topological polar surface area (TPSA) is 68.0 Å². The summed E-state index contributed by atoms with van der Waals surface area (Å²) in [5.74, 6) is 0.0997. The standard InChI is InChI=1S/C24H31FN6O/c1-3-31-16-20(14-27-31)15-30-10-8-18(9-11-30)12-23-22(17-29(2)28-23)24(32)26-13-19-4-6-21(25)7-5-19/h4-7,14,16-18H,3,8-13,15H2,1-2H3,(H,26,32). The van der Waals surface area contributed by atoms with Crippen molar-refractivity contribution in [1.82, 2.24) is 29.8 Å². The minimum Gasteiger partial charge on any atom is -0.348 e. The number of carbonyl (C=O) groups excluding carboxylic acids is 1. The van der Waals surface area contributed by atoms with Crippen LogP contribution in [0.25, 0.3) is 0 Å². The maximum Gasteiger partial charge on any atom is 0.255 e. The Kier molecular flexibility index (Phi) is 6.99. The molecule has 1 saturated heterocycles. The van der Waals surface area contributed by atoms with Crippen LogP contribution in [0, 0.1) is 11.7 Å². The molecule has 3 aromatic rings. The molecule has 7 nitrogen and oxygen atoms in total. The fraction of sp³-hybridized carbons (Fsp3) is 0.458. The van der Waals surface area contributed by atoms with E-state index in [4.69, 9.17) is 0 Å². The molecule has 1 fully saturated rings. The molecule has 0 saturated carbocycles. The monoisotopic (exact) mass is 438 g/mol. The molecule has 3 heterocycles. The summed E-state index contributed by atoms with van der Waals surface area (Å²) in [6.45, 7) is 6.37. The summed E-state index contributed by atoms with van der Waals surface area (Å²) in [4.78, 5) is 15.3. The van der Waals surface area contributed by atoms with Crippen molar-refractivity contribution in [2.75, 3.05) is 13.1 Å². The number of nitrogens with zero attached hydrogens (tertiary/aromatic N) is 5. The molecule has 0 radical (unpaired) electrons. The number of aromatic nitrogens is 4. The van der Waals surface area contributed by atoms with Gasteiger partial charge in [0, 0.05) is 44.6 Å². The predicted molar refractivity (Wildman–Crippen MR) is 120 cm³/mol. The molecule has 1 aromatic carbocycles. The van der Waals surface area contributed by atoms with Crippen molar-refractivity contribution in [3.63, 3.8) is 0 Å². The number of amides is 1. The Morgan fingerprint density at radius 3 is 2.59 bits per heavy atom. The van der Waals surface area contributed by atoms with Crippen molar-refractivity contribution in [3.05, 3.63) is 71.1 Å². The fourth-order valence-corrected chi connectivity index (χ4v) is 4.30. The van der Waals surface area contributed by atoms with Crippen LogP contribution in [0.5, 0.6) is 0 Å². The van der Waals surface area contributed by atoms with Crippen LogP contribution in [0.3, 0.4) is 0 Å². The number of aryl methyl sites for hydroxylation is 2. The highest BCUT2D eigenvalue weighted by molar-refractivity contribution is 5.95. The maximum absolute atomic E-state index is 13.1. The van der Waals surface area contributed by atoms with Crippen LogP contribution < -0.4 is 5.32 Å². The van der Waals surface area contributed by atoms with E-state index in [0.29, 0.717) is 18.0 Å². The van der Waals surface area contributed by atoms with Gasteiger partial charge in [0.2, 0.25) is 0 Å². The number of likely N-dealkylation sites (tertiary alicyclic amines) is 1. The van der Waals surface area contributed by atoms with Crippen LogP contribution in [0.15, 0.2) is 42.9 Å². The Morgan fingerprint density at radius 1 is 1.16 bits per heavy atom. The average Bonchev–Trinajstić information content (AvgIpc) is 3.40.